The fraction of sp³-hybridized carbons (Fsp3) is 0.333. The first kappa shape index (κ1) is 12.1. The molecule has 0 radical (unpaired) electrons. The molecule has 0 bridgehead atoms. The number of benzene rings is 2. The zero-order valence-electron chi connectivity index (χ0n) is 11.3. The molecule has 102 valence electrons. The minimum atomic E-state index is 0.138. The minimum Gasteiger partial charge on any atom is -0.374 e. The molecule has 0 amide bonds. The smallest absolute Gasteiger partial charge is 0.111 e. The molecule has 0 spiro atoms. The summed E-state index contributed by atoms with van der Waals surface area (Å²) in [6.07, 6.45) is 1.87. The van der Waals surface area contributed by atoms with Gasteiger partial charge in [-0.2, -0.15) is 0 Å². The highest BCUT2D eigenvalue weighted by molar-refractivity contribution is 5.35. The molecule has 2 heteroatoms. The van der Waals surface area contributed by atoms with E-state index in [4.69, 9.17) is 9.47 Å². The predicted molar refractivity (Wildman–Crippen MR) is 77.7 cm³/mol. The molecule has 4 rings (SSSR count). The van der Waals surface area contributed by atoms with Crippen molar-refractivity contribution in [2.24, 2.45) is 0 Å². The summed E-state index contributed by atoms with van der Waals surface area (Å²) in [5, 5.41) is 0. The van der Waals surface area contributed by atoms with Gasteiger partial charge < -0.3 is 9.47 Å². The first-order valence-electron chi connectivity index (χ1n) is 7.30. The third kappa shape index (κ3) is 2.15. The molecule has 2 aromatic rings. The van der Waals surface area contributed by atoms with Gasteiger partial charge in [0, 0.05) is 12.5 Å². The maximum atomic E-state index is 6.08. The van der Waals surface area contributed by atoms with Crippen molar-refractivity contribution in [1.82, 2.24) is 0 Å². The van der Waals surface area contributed by atoms with E-state index in [1.807, 2.05) is 0 Å². The van der Waals surface area contributed by atoms with Gasteiger partial charge in [0.15, 0.2) is 0 Å². The maximum absolute atomic E-state index is 6.08. The fourth-order valence-electron chi connectivity index (χ4n) is 3.27. The van der Waals surface area contributed by atoms with Gasteiger partial charge >= 0.3 is 0 Å². The average molecular weight is 266 g/mol. The molecule has 0 aliphatic carbocycles. The van der Waals surface area contributed by atoms with Gasteiger partial charge in [-0.25, -0.2) is 0 Å². The minimum absolute atomic E-state index is 0.138. The molecular weight excluding hydrogens is 248 g/mol. The van der Waals surface area contributed by atoms with Crippen molar-refractivity contribution in [3.8, 4) is 0 Å². The monoisotopic (exact) mass is 266 g/mol. The van der Waals surface area contributed by atoms with Crippen LogP contribution in [0.15, 0.2) is 60.7 Å². The van der Waals surface area contributed by atoms with Gasteiger partial charge in [-0.15, -0.1) is 0 Å². The Morgan fingerprint density at radius 2 is 1.45 bits per heavy atom. The van der Waals surface area contributed by atoms with Crippen LogP contribution < -0.4 is 0 Å². The van der Waals surface area contributed by atoms with E-state index in [0.717, 1.165) is 13.0 Å². The van der Waals surface area contributed by atoms with Crippen LogP contribution in [-0.2, 0) is 9.47 Å². The van der Waals surface area contributed by atoms with E-state index in [1.165, 1.54) is 11.1 Å². The van der Waals surface area contributed by atoms with Crippen LogP contribution in [0, 0.1) is 0 Å². The molecule has 2 aliphatic heterocycles. The summed E-state index contributed by atoms with van der Waals surface area (Å²) in [5.41, 5.74) is 2.61. The van der Waals surface area contributed by atoms with Crippen LogP contribution in [-0.4, -0.2) is 24.9 Å². The van der Waals surface area contributed by atoms with E-state index in [-0.39, 0.29) is 18.1 Å². The number of hydrogen-bond acceptors (Lipinski definition) is 2. The summed E-state index contributed by atoms with van der Waals surface area (Å²) in [6, 6.07) is 21.3. The van der Waals surface area contributed by atoms with E-state index < -0.39 is 0 Å². The van der Waals surface area contributed by atoms with Gasteiger partial charge in [0.05, 0.1) is 12.2 Å². The summed E-state index contributed by atoms with van der Waals surface area (Å²) < 4.78 is 11.9. The van der Waals surface area contributed by atoms with Gasteiger partial charge in [-0.3, -0.25) is 0 Å². The zero-order valence-corrected chi connectivity index (χ0v) is 11.3. The third-order valence-electron chi connectivity index (χ3n) is 4.30. The molecule has 0 saturated carbocycles. The number of ether oxygens (including phenoxy) is 2. The maximum Gasteiger partial charge on any atom is 0.111 e. The number of hydrogen-bond donors (Lipinski definition) is 0. The third-order valence-corrected chi connectivity index (χ3v) is 4.30. The SMILES string of the molecule is c1ccc(C(c2ccccc2)[C@H]2OCC[C@H]3O[C@H]23)cc1. The summed E-state index contributed by atoms with van der Waals surface area (Å²) in [7, 11) is 0. The average Bonchev–Trinajstić information content (AvgIpc) is 3.30. The zero-order chi connectivity index (χ0) is 13.4. The van der Waals surface area contributed by atoms with E-state index >= 15 is 0 Å². The first-order chi connectivity index (χ1) is 9.93. The highest BCUT2D eigenvalue weighted by Crippen LogP contribution is 2.42. The molecule has 0 N–H and O–H groups in total. The Bertz CT molecular complexity index is 527. The lowest BCUT2D eigenvalue weighted by atomic mass is 9.83. The largest absolute Gasteiger partial charge is 0.374 e. The van der Waals surface area contributed by atoms with Crippen molar-refractivity contribution in [3.63, 3.8) is 0 Å². The van der Waals surface area contributed by atoms with Crippen molar-refractivity contribution in [2.75, 3.05) is 6.61 Å². The highest BCUT2D eigenvalue weighted by atomic mass is 16.6. The second kappa shape index (κ2) is 5.04. The molecule has 2 heterocycles. The Balaban J connectivity index is 1.73. The number of fused-ring (bicyclic) bond motifs is 1. The van der Waals surface area contributed by atoms with Crippen LogP contribution in [0.1, 0.15) is 23.5 Å². The van der Waals surface area contributed by atoms with Crippen LogP contribution in [0.3, 0.4) is 0 Å². The first-order valence-corrected chi connectivity index (χ1v) is 7.30. The Morgan fingerprint density at radius 3 is 2.05 bits per heavy atom. The molecule has 0 aromatic heterocycles. The molecule has 3 atom stereocenters. The van der Waals surface area contributed by atoms with Crippen molar-refractivity contribution in [1.29, 1.82) is 0 Å². The van der Waals surface area contributed by atoms with Crippen LogP contribution in [0.2, 0.25) is 0 Å². The second-order valence-electron chi connectivity index (χ2n) is 5.56. The number of rotatable bonds is 3. The van der Waals surface area contributed by atoms with E-state index in [2.05, 4.69) is 60.7 Å². The Kier molecular flexibility index (Phi) is 3.06. The van der Waals surface area contributed by atoms with Gasteiger partial charge in [-0.05, 0) is 17.5 Å². The van der Waals surface area contributed by atoms with Crippen molar-refractivity contribution in [3.05, 3.63) is 71.8 Å². The Labute approximate surface area is 119 Å². The molecule has 2 saturated heterocycles. The highest BCUT2D eigenvalue weighted by Gasteiger charge is 2.51. The van der Waals surface area contributed by atoms with E-state index in [9.17, 15) is 0 Å². The van der Waals surface area contributed by atoms with Crippen molar-refractivity contribution < 1.29 is 9.47 Å². The quantitative estimate of drug-likeness (QED) is 0.794. The Morgan fingerprint density at radius 1 is 0.850 bits per heavy atom. The van der Waals surface area contributed by atoms with Crippen molar-refractivity contribution in [2.45, 2.75) is 30.7 Å². The van der Waals surface area contributed by atoms with Crippen molar-refractivity contribution >= 4 is 0 Å². The lowest BCUT2D eigenvalue weighted by molar-refractivity contribution is 0.0161. The van der Waals surface area contributed by atoms with Gasteiger partial charge in [0.25, 0.3) is 0 Å². The number of epoxide rings is 1. The predicted octanol–water partition coefficient (Wildman–Crippen LogP) is 3.37. The molecule has 2 aliphatic rings. The second-order valence-corrected chi connectivity index (χ2v) is 5.56. The lowest BCUT2D eigenvalue weighted by Gasteiger charge is -2.29. The molecule has 2 fully saturated rings. The molecule has 0 unspecified atom stereocenters. The molecule has 2 nitrogen and oxygen atoms in total. The molecule has 2 aromatic carbocycles. The summed E-state index contributed by atoms with van der Waals surface area (Å²) in [5.74, 6) is 0.257. The summed E-state index contributed by atoms with van der Waals surface area (Å²) in [4.78, 5) is 0. The standard InChI is InChI=1S/C18H18O2/c1-3-7-13(8-4-1)16(14-9-5-2-6-10-14)18-17-15(20-17)11-12-19-18/h1-10,15-18H,11-12H2/t15-,17+,18-/m1/s1. The lowest BCUT2D eigenvalue weighted by Crippen LogP contribution is -2.34. The summed E-state index contributed by atoms with van der Waals surface area (Å²) >= 11 is 0. The van der Waals surface area contributed by atoms with Gasteiger partial charge in [-0.1, -0.05) is 60.7 Å². The summed E-state index contributed by atoms with van der Waals surface area (Å²) in [6.45, 7) is 0.808. The van der Waals surface area contributed by atoms with Crippen LogP contribution in [0.4, 0.5) is 0 Å². The normalized spacial score (nSPS) is 28.1. The van der Waals surface area contributed by atoms with Crippen LogP contribution in [0.5, 0.6) is 0 Å². The van der Waals surface area contributed by atoms with Crippen LogP contribution in [0.25, 0.3) is 0 Å². The van der Waals surface area contributed by atoms with E-state index in [0.29, 0.717) is 6.10 Å². The molecular formula is C18H18O2. The van der Waals surface area contributed by atoms with E-state index in [1.54, 1.807) is 0 Å². The van der Waals surface area contributed by atoms with Crippen LogP contribution >= 0.6 is 0 Å². The Hall–Kier alpha value is -1.64. The molecule has 20 heavy (non-hydrogen) atoms. The van der Waals surface area contributed by atoms with Gasteiger partial charge in [0.2, 0.25) is 0 Å². The topological polar surface area (TPSA) is 21.8 Å². The van der Waals surface area contributed by atoms with Gasteiger partial charge in [0.1, 0.15) is 6.10 Å². The fourth-order valence-corrected chi connectivity index (χ4v) is 3.27.